The molecule has 1 N–H and O–H groups in total. The van der Waals surface area contributed by atoms with E-state index in [1.165, 1.54) is 0 Å². The zero-order valence-electron chi connectivity index (χ0n) is 6.88. The molecular weight excluding hydrogens is 160 g/mol. The van der Waals surface area contributed by atoms with Crippen LogP contribution in [0.2, 0.25) is 0 Å². The summed E-state index contributed by atoms with van der Waals surface area (Å²) in [6, 6.07) is 0. The fraction of sp³-hybridized carbons (Fsp3) is 0.429. The maximum atomic E-state index is 8.36. The molecule has 0 saturated heterocycles. The van der Waals surface area contributed by atoms with Gasteiger partial charge in [0.2, 0.25) is 0 Å². The molecule has 1 aliphatic rings. The van der Waals surface area contributed by atoms with E-state index in [1.807, 2.05) is 0 Å². The lowest BCUT2D eigenvalue weighted by molar-refractivity contribution is -0.742. The highest BCUT2D eigenvalue weighted by atomic mass is 16.9. The molecule has 0 saturated carbocycles. The molecule has 0 aliphatic carbocycles. The summed E-state index contributed by atoms with van der Waals surface area (Å²) in [6.07, 6.45) is 8.41. The molecule has 5 heteroatoms. The second kappa shape index (κ2) is 6.21. The van der Waals surface area contributed by atoms with Gasteiger partial charge in [0.25, 0.3) is 5.09 Å². The van der Waals surface area contributed by atoms with Crippen LogP contribution in [0.5, 0.6) is 0 Å². The minimum Gasteiger partial charge on any atom is -0.374 e. The predicted octanol–water partition coefficient (Wildman–Crippen LogP) is 1.04. The molecule has 5 nitrogen and oxygen atoms in total. The summed E-state index contributed by atoms with van der Waals surface area (Å²) in [5.74, 6) is 0. The van der Waals surface area contributed by atoms with Gasteiger partial charge in [-0.2, -0.15) is 0 Å². The molecule has 0 radical (unpaired) electrons. The third-order valence-electron chi connectivity index (χ3n) is 1.29. The van der Waals surface area contributed by atoms with Gasteiger partial charge in [-0.05, 0) is 19.2 Å². The van der Waals surface area contributed by atoms with Gasteiger partial charge < -0.3 is 10.1 Å². The van der Waals surface area contributed by atoms with Gasteiger partial charge in [0.1, 0.15) is 0 Å². The van der Waals surface area contributed by atoms with Crippen LogP contribution >= 0.6 is 0 Å². The van der Waals surface area contributed by atoms with Crippen LogP contribution in [0.15, 0.2) is 24.4 Å². The Labute approximate surface area is 70.7 Å². The summed E-state index contributed by atoms with van der Waals surface area (Å²) in [5, 5.41) is 13.6. The van der Waals surface area contributed by atoms with Crippen LogP contribution in [-0.2, 0) is 0 Å². The summed E-state index contributed by atoms with van der Waals surface area (Å²) < 4.78 is 0. The number of rotatable bonds is 1. The van der Waals surface area contributed by atoms with Crippen molar-refractivity contribution >= 4 is 0 Å². The molecule has 1 rings (SSSR count). The van der Waals surface area contributed by atoms with E-state index >= 15 is 0 Å². The van der Waals surface area contributed by atoms with Gasteiger partial charge in [0.15, 0.2) is 0 Å². The summed E-state index contributed by atoms with van der Waals surface area (Å²) in [4.78, 5) is 10.6. The van der Waals surface area contributed by atoms with Gasteiger partial charge in [-0.25, -0.2) is 0 Å². The van der Waals surface area contributed by atoms with Crippen LogP contribution in [0.4, 0.5) is 0 Å². The Morgan fingerprint density at radius 1 is 1.67 bits per heavy atom. The average Bonchev–Trinajstić information content (AvgIpc) is 2.05. The molecule has 0 aromatic rings. The fourth-order valence-electron chi connectivity index (χ4n) is 0.742. The number of nitrogens with zero attached hydrogens (tertiary/aromatic N) is 2. The van der Waals surface area contributed by atoms with E-state index in [0.29, 0.717) is 0 Å². The maximum Gasteiger partial charge on any atom is 0.291 e. The summed E-state index contributed by atoms with van der Waals surface area (Å²) in [6.45, 7) is 4.34. The molecule has 1 aliphatic heterocycles. The van der Waals surface area contributed by atoms with Crippen molar-refractivity contribution in [2.24, 2.45) is 0 Å². The Morgan fingerprint density at radius 2 is 2.25 bits per heavy atom. The molecule has 0 spiro atoms. The van der Waals surface area contributed by atoms with Crippen LogP contribution in [-0.4, -0.2) is 28.3 Å². The van der Waals surface area contributed by atoms with Crippen molar-refractivity contribution in [1.29, 1.82) is 0 Å². The highest BCUT2D eigenvalue weighted by molar-refractivity contribution is 5.08. The highest BCUT2D eigenvalue weighted by Gasteiger charge is 1.91. The third kappa shape index (κ3) is 6.60. The molecule has 68 valence electrons. The van der Waals surface area contributed by atoms with Crippen LogP contribution in [0.25, 0.3) is 0 Å². The molecule has 0 unspecified atom stereocenters. The molecular formula is C7H12N2O3. The number of allylic oxidation sites excluding steroid dienone is 2. The van der Waals surface area contributed by atoms with Crippen LogP contribution < -0.4 is 0 Å². The van der Waals surface area contributed by atoms with Crippen LogP contribution in [0.1, 0.15) is 6.92 Å². The van der Waals surface area contributed by atoms with Gasteiger partial charge >= 0.3 is 0 Å². The first-order valence-corrected chi connectivity index (χ1v) is 3.57. The molecule has 0 fully saturated rings. The van der Waals surface area contributed by atoms with E-state index in [-0.39, 0.29) is 0 Å². The van der Waals surface area contributed by atoms with Crippen molar-refractivity contribution in [2.75, 3.05) is 13.1 Å². The van der Waals surface area contributed by atoms with E-state index in [2.05, 4.69) is 36.3 Å². The maximum absolute atomic E-state index is 8.36. The first-order chi connectivity index (χ1) is 5.66. The Hall–Kier alpha value is -1.52. The Kier molecular flexibility index (Phi) is 5.42. The van der Waals surface area contributed by atoms with E-state index < -0.39 is 5.09 Å². The molecule has 0 atom stereocenters. The van der Waals surface area contributed by atoms with Gasteiger partial charge in [-0.1, -0.05) is 12.2 Å². The minimum absolute atomic E-state index is 1.08. The molecule has 1 heterocycles. The van der Waals surface area contributed by atoms with Crippen molar-refractivity contribution in [1.82, 2.24) is 4.90 Å². The Balaban J connectivity index is 0.000000261. The monoisotopic (exact) mass is 172 g/mol. The van der Waals surface area contributed by atoms with Crippen molar-refractivity contribution in [3.8, 4) is 0 Å². The zero-order chi connectivity index (χ0) is 9.40. The second-order valence-corrected chi connectivity index (χ2v) is 2.10. The first-order valence-electron chi connectivity index (χ1n) is 3.57. The Morgan fingerprint density at radius 3 is 2.50 bits per heavy atom. The molecule has 0 aromatic heterocycles. The fourth-order valence-corrected chi connectivity index (χ4v) is 0.742. The Bertz CT molecular complexity index is 185. The summed E-state index contributed by atoms with van der Waals surface area (Å²) in [5.41, 5.74) is 0. The van der Waals surface area contributed by atoms with E-state index in [4.69, 9.17) is 15.3 Å². The number of hydrogen-bond acceptors (Lipinski definition) is 3. The summed E-state index contributed by atoms with van der Waals surface area (Å²) >= 11 is 0. The van der Waals surface area contributed by atoms with Gasteiger partial charge in [0.05, 0.1) is 0 Å². The SMILES string of the molecule is CCN1C=CC=CC1.O=[N+]([O-])O. The number of hydrogen-bond donors (Lipinski definition) is 1. The minimum atomic E-state index is -1.50. The zero-order valence-corrected chi connectivity index (χ0v) is 6.88. The van der Waals surface area contributed by atoms with E-state index in [9.17, 15) is 0 Å². The van der Waals surface area contributed by atoms with Crippen LogP contribution in [0.3, 0.4) is 0 Å². The van der Waals surface area contributed by atoms with Crippen molar-refractivity contribution < 1.29 is 10.3 Å². The highest BCUT2D eigenvalue weighted by Crippen LogP contribution is 1.95. The van der Waals surface area contributed by atoms with Gasteiger partial charge in [0, 0.05) is 13.1 Å². The topological polar surface area (TPSA) is 66.6 Å². The third-order valence-corrected chi connectivity index (χ3v) is 1.29. The van der Waals surface area contributed by atoms with Crippen molar-refractivity contribution in [3.05, 3.63) is 34.5 Å². The lowest BCUT2D eigenvalue weighted by Gasteiger charge is -2.16. The summed E-state index contributed by atoms with van der Waals surface area (Å²) in [7, 11) is 0. The average molecular weight is 172 g/mol. The lowest BCUT2D eigenvalue weighted by Crippen LogP contribution is -2.17. The van der Waals surface area contributed by atoms with E-state index in [0.717, 1.165) is 13.1 Å². The number of likely N-dealkylation sites (N-methyl/N-ethyl adjacent to an activating group) is 1. The van der Waals surface area contributed by atoms with Gasteiger partial charge in [-0.3, -0.25) is 0 Å². The van der Waals surface area contributed by atoms with Crippen molar-refractivity contribution in [3.63, 3.8) is 0 Å². The standard InChI is InChI=1S/C7H11N.HNO3/c1-2-8-6-4-3-5-7-8;2-1(3)4/h3-6H,2,7H2,1H3;(H,2,3,4). The van der Waals surface area contributed by atoms with Crippen molar-refractivity contribution in [2.45, 2.75) is 6.92 Å². The van der Waals surface area contributed by atoms with Crippen LogP contribution in [0, 0.1) is 10.1 Å². The predicted molar refractivity (Wildman–Crippen MR) is 44.3 cm³/mol. The second-order valence-electron chi connectivity index (χ2n) is 2.10. The molecule has 0 bridgehead atoms. The lowest BCUT2D eigenvalue weighted by atomic mass is 10.3. The largest absolute Gasteiger partial charge is 0.374 e. The first kappa shape index (κ1) is 10.5. The quantitative estimate of drug-likeness (QED) is 0.474. The molecule has 12 heavy (non-hydrogen) atoms. The molecule has 0 aromatic carbocycles. The smallest absolute Gasteiger partial charge is 0.291 e. The molecule has 0 amide bonds. The van der Waals surface area contributed by atoms with E-state index in [1.54, 1.807) is 0 Å². The normalized spacial score (nSPS) is 13.6. The van der Waals surface area contributed by atoms with Gasteiger partial charge in [-0.15, -0.1) is 10.1 Å².